The standard InChI is InChI=1S/C13H21N5.2ClH/c1-4-17(5-2)10(3)15-13-12(14)11-8-6-7-9-18(11)16-13;;/h6-10H,4-5,14H2,1-3H3,(H,15,16);2*1H. The highest BCUT2D eigenvalue weighted by molar-refractivity contribution is 5.85. The summed E-state index contributed by atoms with van der Waals surface area (Å²) in [4.78, 5) is 2.31. The maximum atomic E-state index is 6.11. The molecule has 3 N–H and O–H groups in total. The summed E-state index contributed by atoms with van der Waals surface area (Å²) in [6.45, 7) is 8.41. The van der Waals surface area contributed by atoms with Crippen molar-refractivity contribution in [1.82, 2.24) is 14.5 Å². The summed E-state index contributed by atoms with van der Waals surface area (Å²) >= 11 is 0. The maximum absolute atomic E-state index is 6.11. The highest BCUT2D eigenvalue weighted by Crippen LogP contribution is 2.23. The summed E-state index contributed by atoms with van der Waals surface area (Å²) in [6.07, 6.45) is 2.12. The maximum Gasteiger partial charge on any atom is 0.173 e. The van der Waals surface area contributed by atoms with Crippen molar-refractivity contribution in [2.45, 2.75) is 26.9 Å². The molecule has 0 saturated heterocycles. The lowest BCUT2D eigenvalue weighted by Crippen LogP contribution is -2.38. The molecule has 7 heteroatoms. The molecule has 2 aromatic heterocycles. The third-order valence-corrected chi connectivity index (χ3v) is 3.28. The molecule has 5 nitrogen and oxygen atoms in total. The summed E-state index contributed by atoms with van der Waals surface area (Å²) in [5.74, 6) is 0.751. The predicted molar refractivity (Wildman–Crippen MR) is 90.1 cm³/mol. The number of pyridine rings is 1. The van der Waals surface area contributed by atoms with Crippen molar-refractivity contribution in [2.75, 3.05) is 24.1 Å². The van der Waals surface area contributed by atoms with Gasteiger partial charge in [0.1, 0.15) is 5.69 Å². The average molecular weight is 320 g/mol. The van der Waals surface area contributed by atoms with Gasteiger partial charge in [-0.2, -0.15) is 0 Å². The monoisotopic (exact) mass is 319 g/mol. The molecule has 0 spiro atoms. The second-order valence-corrected chi connectivity index (χ2v) is 4.33. The van der Waals surface area contributed by atoms with Gasteiger partial charge in [0.05, 0.1) is 11.7 Å². The van der Waals surface area contributed by atoms with Crippen LogP contribution in [0.1, 0.15) is 20.8 Å². The number of nitrogen functional groups attached to an aromatic ring is 1. The number of halogens is 2. The number of hydrogen-bond donors (Lipinski definition) is 2. The Bertz CT molecular complexity index is 524. The van der Waals surface area contributed by atoms with Gasteiger partial charge < -0.3 is 11.1 Å². The van der Waals surface area contributed by atoms with Gasteiger partial charge in [-0.1, -0.05) is 19.9 Å². The zero-order valence-corrected chi connectivity index (χ0v) is 13.7. The molecule has 0 fully saturated rings. The van der Waals surface area contributed by atoms with Crippen LogP contribution in [0.4, 0.5) is 11.5 Å². The molecular weight excluding hydrogens is 297 g/mol. The van der Waals surface area contributed by atoms with Crippen LogP contribution in [0, 0.1) is 0 Å². The predicted octanol–water partition coefficient (Wildman–Crippen LogP) is 2.86. The third-order valence-electron chi connectivity index (χ3n) is 3.28. The lowest BCUT2D eigenvalue weighted by Gasteiger charge is -2.27. The number of fused-ring (bicyclic) bond motifs is 1. The minimum absolute atomic E-state index is 0. The molecule has 0 aliphatic rings. The van der Waals surface area contributed by atoms with Crippen molar-refractivity contribution in [3.63, 3.8) is 0 Å². The van der Waals surface area contributed by atoms with E-state index in [1.807, 2.05) is 24.4 Å². The van der Waals surface area contributed by atoms with Crippen LogP contribution in [0.2, 0.25) is 0 Å². The molecule has 0 aromatic carbocycles. The van der Waals surface area contributed by atoms with Crippen molar-refractivity contribution in [2.24, 2.45) is 0 Å². The molecule has 0 saturated carbocycles. The first kappa shape index (κ1) is 18.8. The average Bonchev–Trinajstić information content (AvgIpc) is 2.68. The molecule has 1 unspecified atom stereocenters. The van der Waals surface area contributed by atoms with E-state index >= 15 is 0 Å². The van der Waals surface area contributed by atoms with E-state index in [1.54, 1.807) is 4.52 Å². The number of anilines is 2. The quantitative estimate of drug-likeness (QED) is 0.832. The Labute approximate surface area is 132 Å². The number of nitrogens with zero attached hydrogens (tertiary/aromatic N) is 3. The van der Waals surface area contributed by atoms with E-state index in [-0.39, 0.29) is 31.0 Å². The Morgan fingerprint density at radius 2 is 1.95 bits per heavy atom. The Kier molecular flexibility index (Phi) is 7.71. The molecule has 0 radical (unpaired) electrons. The van der Waals surface area contributed by atoms with E-state index in [4.69, 9.17) is 5.73 Å². The molecule has 0 amide bonds. The van der Waals surface area contributed by atoms with Crippen molar-refractivity contribution in [3.05, 3.63) is 24.4 Å². The van der Waals surface area contributed by atoms with Crippen molar-refractivity contribution in [1.29, 1.82) is 0 Å². The van der Waals surface area contributed by atoms with E-state index in [0.717, 1.165) is 24.4 Å². The van der Waals surface area contributed by atoms with Gasteiger partial charge >= 0.3 is 0 Å². The third kappa shape index (κ3) is 3.69. The summed E-state index contributed by atoms with van der Waals surface area (Å²) in [5, 5.41) is 7.83. The summed E-state index contributed by atoms with van der Waals surface area (Å²) < 4.78 is 1.80. The Hall–Kier alpha value is -1.17. The Morgan fingerprint density at radius 3 is 2.50 bits per heavy atom. The van der Waals surface area contributed by atoms with Gasteiger partial charge in [0.25, 0.3) is 0 Å². The van der Waals surface area contributed by atoms with Crippen molar-refractivity contribution < 1.29 is 0 Å². The fourth-order valence-corrected chi connectivity index (χ4v) is 2.18. The first-order chi connectivity index (χ1) is 8.67. The highest BCUT2D eigenvalue weighted by Gasteiger charge is 2.14. The number of aromatic nitrogens is 2. The van der Waals surface area contributed by atoms with E-state index < -0.39 is 0 Å². The topological polar surface area (TPSA) is 58.6 Å². The van der Waals surface area contributed by atoms with E-state index in [0.29, 0.717) is 5.69 Å². The summed E-state index contributed by atoms with van der Waals surface area (Å²) in [5.41, 5.74) is 7.75. The second kappa shape index (κ2) is 8.19. The molecule has 2 aromatic rings. The Balaban J connectivity index is 0.00000180. The normalized spacial score (nSPS) is 11.8. The molecule has 0 aliphatic heterocycles. The van der Waals surface area contributed by atoms with Gasteiger partial charge in [-0.05, 0) is 32.1 Å². The first-order valence-electron chi connectivity index (χ1n) is 6.40. The van der Waals surface area contributed by atoms with E-state index in [9.17, 15) is 0 Å². The fraction of sp³-hybridized carbons (Fsp3) is 0.462. The minimum atomic E-state index is 0. The van der Waals surface area contributed by atoms with Crippen LogP contribution < -0.4 is 11.1 Å². The van der Waals surface area contributed by atoms with Crippen molar-refractivity contribution >= 4 is 41.8 Å². The van der Waals surface area contributed by atoms with Gasteiger partial charge in [0.2, 0.25) is 0 Å². The zero-order valence-electron chi connectivity index (χ0n) is 12.0. The Morgan fingerprint density at radius 1 is 1.30 bits per heavy atom. The molecule has 2 rings (SSSR count). The molecule has 20 heavy (non-hydrogen) atoms. The van der Waals surface area contributed by atoms with Gasteiger partial charge in [-0.25, -0.2) is 4.52 Å². The van der Waals surface area contributed by atoms with Crippen LogP contribution in [0.15, 0.2) is 24.4 Å². The summed E-state index contributed by atoms with van der Waals surface area (Å²) in [6, 6.07) is 5.87. The first-order valence-corrected chi connectivity index (χ1v) is 6.40. The number of nitrogens with one attached hydrogen (secondary N) is 1. The van der Waals surface area contributed by atoms with E-state index in [1.165, 1.54) is 0 Å². The lowest BCUT2D eigenvalue weighted by atomic mass is 10.3. The molecule has 2 heterocycles. The molecular formula is C13H23Cl2N5. The second-order valence-electron chi connectivity index (χ2n) is 4.33. The molecule has 0 aliphatic carbocycles. The van der Waals surface area contributed by atoms with Crippen LogP contribution in [0.5, 0.6) is 0 Å². The lowest BCUT2D eigenvalue weighted by molar-refractivity contribution is 0.253. The largest absolute Gasteiger partial charge is 0.394 e. The van der Waals surface area contributed by atoms with Crippen LogP contribution in [0.25, 0.3) is 5.52 Å². The van der Waals surface area contributed by atoms with Gasteiger partial charge in [0.15, 0.2) is 5.82 Å². The minimum Gasteiger partial charge on any atom is -0.394 e. The van der Waals surface area contributed by atoms with Gasteiger partial charge in [-0.15, -0.1) is 29.9 Å². The number of rotatable bonds is 5. The smallest absolute Gasteiger partial charge is 0.173 e. The van der Waals surface area contributed by atoms with Crippen LogP contribution in [-0.4, -0.2) is 33.8 Å². The number of nitrogens with two attached hydrogens (primary N) is 1. The van der Waals surface area contributed by atoms with Crippen LogP contribution in [-0.2, 0) is 0 Å². The van der Waals surface area contributed by atoms with Crippen molar-refractivity contribution in [3.8, 4) is 0 Å². The zero-order chi connectivity index (χ0) is 13.1. The van der Waals surface area contributed by atoms with Gasteiger partial charge in [0, 0.05) is 6.20 Å². The number of hydrogen-bond acceptors (Lipinski definition) is 4. The van der Waals surface area contributed by atoms with E-state index in [2.05, 4.69) is 36.1 Å². The summed E-state index contributed by atoms with van der Waals surface area (Å²) in [7, 11) is 0. The van der Waals surface area contributed by atoms with Gasteiger partial charge in [-0.3, -0.25) is 4.90 Å². The van der Waals surface area contributed by atoms with Crippen LogP contribution >= 0.6 is 24.8 Å². The van der Waals surface area contributed by atoms with Crippen LogP contribution in [0.3, 0.4) is 0 Å². The molecule has 1 atom stereocenters. The molecule has 0 bridgehead atoms. The molecule has 114 valence electrons. The highest BCUT2D eigenvalue weighted by atomic mass is 35.5. The fourth-order valence-electron chi connectivity index (χ4n) is 2.18. The SMILES string of the molecule is CCN(CC)C(C)Nc1nn2ccccc2c1N.Cl.Cl.